The Morgan fingerprint density at radius 1 is 0.547 bits per heavy atom. The highest BCUT2D eigenvalue weighted by molar-refractivity contribution is 7.17. The summed E-state index contributed by atoms with van der Waals surface area (Å²) in [6.45, 7) is 0. The Morgan fingerprint density at radius 2 is 1.23 bits per heavy atom. The number of furan rings is 1. The van der Waals surface area contributed by atoms with Gasteiger partial charge in [0.15, 0.2) is 0 Å². The summed E-state index contributed by atoms with van der Waals surface area (Å²) < 4.78 is 11.7. The Labute approximate surface area is 308 Å². The van der Waals surface area contributed by atoms with Gasteiger partial charge in [-0.1, -0.05) is 121 Å². The van der Waals surface area contributed by atoms with Crippen molar-refractivity contribution in [3.8, 4) is 5.69 Å². The summed E-state index contributed by atoms with van der Waals surface area (Å²) >= 11 is 1.86. The highest BCUT2D eigenvalue weighted by Crippen LogP contribution is 2.43. The zero-order valence-corrected chi connectivity index (χ0v) is 29.4. The number of nitrogens with zero attached hydrogens (tertiary/aromatic N) is 2. The van der Waals surface area contributed by atoms with E-state index in [0.29, 0.717) is 0 Å². The first-order valence-corrected chi connectivity index (χ1v) is 19.0. The highest BCUT2D eigenvalue weighted by atomic mass is 32.1. The van der Waals surface area contributed by atoms with Gasteiger partial charge in [-0.3, -0.25) is 4.99 Å². The van der Waals surface area contributed by atoms with Crippen LogP contribution in [0, 0.1) is 0 Å². The van der Waals surface area contributed by atoms with Crippen molar-refractivity contribution < 1.29 is 4.42 Å². The minimum atomic E-state index is -0.0428. The van der Waals surface area contributed by atoms with Gasteiger partial charge in [-0.2, -0.15) is 0 Å². The van der Waals surface area contributed by atoms with E-state index in [4.69, 9.17) is 9.41 Å². The lowest BCUT2D eigenvalue weighted by Gasteiger charge is -2.20. The van der Waals surface area contributed by atoms with Gasteiger partial charge >= 0.3 is 0 Å². The molecule has 1 unspecified atom stereocenters. The fourth-order valence-corrected chi connectivity index (χ4v) is 10.2. The predicted molar refractivity (Wildman–Crippen MR) is 222 cm³/mol. The molecule has 1 aliphatic heterocycles. The number of fused-ring (bicyclic) bond motifs is 13. The molecule has 0 saturated carbocycles. The van der Waals surface area contributed by atoms with E-state index in [2.05, 4.69) is 168 Å². The van der Waals surface area contributed by atoms with Crippen molar-refractivity contribution >= 4 is 92.3 Å². The maximum atomic E-state index is 6.76. The molecule has 0 amide bonds. The lowest BCUT2D eigenvalue weighted by Crippen LogP contribution is -2.28. The summed E-state index contributed by atoms with van der Waals surface area (Å²) in [6, 6.07) is 59.3. The molecule has 3 nitrogen and oxygen atoms in total. The van der Waals surface area contributed by atoms with E-state index in [1.165, 1.54) is 74.7 Å². The number of thiophene rings is 1. The van der Waals surface area contributed by atoms with Crippen LogP contribution in [0.3, 0.4) is 0 Å². The van der Waals surface area contributed by atoms with Crippen molar-refractivity contribution in [1.82, 2.24) is 4.57 Å². The van der Waals surface area contributed by atoms with Gasteiger partial charge in [0.1, 0.15) is 11.2 Å². The minimum absolute atomic E-state index is 0.0428. The highest BCUT2D eigenvalue weighted by Gasteiger charge is 2.25. The second kappa shape index (κ2) is 11.0. The first-order valence-electron chi connectivity index (χ1n) is 18.2. The first-order chi connectivity index (χ1) is 26.3. The molecule has 3 aromatic heterocycles. The van der Waals surface area contributed by atoms with E-state index < -0.39 is 0 Å². The quantitative estimate of drug-likeness (QED) is 0.181. The topological polar surface area (TPSA) is 30.4 Å². The zero-order chi connectivity index (χ0) is 34.6. The van der Waals surface area contributed by atoms with E-state index in [9.17, 15) is 0 Å². The Morgan fingerprint density at radius 3 is 1.98 bits per heavy atom. The number of aromatic nitrogens is 1. The van der Waals surface area contributed by atoms with Crippen molar-refractivity contribution in [1.29, 1.82) is 0 Å². The van der Waals surface area contributed by atoms with Crippen molar-refractivity contribution in [2.45, 2.75) is 12.5 Å². The van der Waals surface area contributed by atoms with Gasteiger partial charge < -0.3 is 8.98 Å². The molecule has 0 N–H and O–H groups in total. The van der Waals surface area contributed by atoms with Gasteiger partial charge in [-0.05, 0) is 74.6 Å². The number of benzene rings is 8. The lowest BCUT2D eigenvalue weighted by atomic mass is 9.90. The summed E-state index contributed by atoms with van der Waals surface area (Å²) in [4.78, 5) is 5.54. The number of rotatable bonds is 3. The average Bonchev–Trinajstić information content (AvgIpc) is 3.90. The summed E-state index contributed by atoms with van der Waals surface area (Å²) in [7, 11) is 0. The van der Waals surface area contributed by atoms with E-state index in [1.807, 2.05) is 11.3 Å². The largest absolute Gasteiger partial charge is 0.456 e. The van der Waals surface area contributed by atoms with Crippen LogP contribution in [0.4, 0.5) is 0 Å². The summed E-state index contributed by atoms with van der Waals surface area (Å²) in [5, 5.41) is 12.2. The molecule has 4 heterocycles. The molecule has 0 spiro atoms. The monoisotopic (exact) mass is 694 g/mol. The number of hydrogen-bond donors (Lipinski definition) is 0. The van der Waals surface area contributed by atoms with Crippen molar-refractivity contribution in [2.24, 2.45) is 4.99 Å². The molecule has 248 valence electrons. The molecule has 12 rings (SSSR count). The maximum absolute atomic E-state index is 6.76. The standard InChI is InChI=1S/C49H30N2OS/c1-2-11-29(12-3-1)38-28-39(50-48-37-17-8-9-20-44(37)53-49(38)48)35-18-10-19-42-45(35)36-24-23-32(27-43(36)52-42)51-40-25-21-30-13-4-6-15-33(30)46(40)47-34-16-7-5-14-31(34)22-26-41(47)51/h1-27,39H,28H2. The second-order valence-corrected chi connectivity index (χ2v) is 15.2. The molecular formula is C49H30N2OS. The molecule has 0 radical (unpaired) electrons. The Balaban J connectivity index is 1.08. The fraction of sp³-hybridized carbons (Fsp3) is 0.0408. The molecule has 1 atom stereocenters. The van der Waals surface area contributed by atoms with Crippen LogP contribution in [0.1, 0.15) is 23.6 Å². The smallest absolute Gasteiger partial charge is 0.137 e. The van der Waals surface area contributed by atoms with E-state index in [0.717, 1.165) is 39.4 Å². The Hall–Kier alpha value is -6.49. The molecule has 0 aliphatic carbocycles. The fourth-order valence-electron chi connectivity index (χ4n) is 9.00. The van der Waals surface area contributed by atoms with Gasteiger partial charge in [0.2, 0.25) is 0 Å². The zero-order valence-electron chi connectivity index (χ0n) is 28.6. The SMILES string of the molecule is c1ccc(C2=c3sc4ccccc4c3=NC(c3cccc4oc5cc(-n6c7ccc8ccccc8c7c7c8ccccc8ccc76)ccc5c34)C2)cc1. The molecule has 53 heavy (non-hydrogen) atoms. The summed E-state index contributed by atoms with van der Waals surface area (Å²) in [5.41, 5.74) is 9.07. The van der Waals surface area contributed by atoms with Gasteiger partial charge in [-0.25, -0.2) is 0 Å². The van der Waals surface area contributed by atoms with Crippen LogP contribution in [-0.4, -0.2) is 4.57 Å². The molecule has 0 fully saturated rings. The molecule has 0 saturated heterocycles. The second-order valence-electron chi connectivity index (χ2n) is 14.2. The molecule has 11 aromatic rings. The summed E-state index contributed by atoms with van der Waals surface area (Å²) in [5.74, 6) is 0. The molecular weight excluding hydrogens is 665 g/mol. The molecule has 1 aliphatic rings. The average molecular weight is 695 g/mol. The third-order valence-electron chi connectivity index (χ3n) is 11.3. The van der Waals surface area contributed by atoms with Crippen LogP contribution in [0.15, 0.2) is 173 Å². The van der Waals surface area contributed by atoms with Crippen LogP contribution in [0.5, 0.6) is 0 Å². The van der Waals surface area contributed by atoms with Crippen molar-refractivity contribution in [3.63, 3.8) is 0 Å². The van der Waals surface area contributed by atoms with Gasteiger partial charge in [0.05, 0.1) is 27.0 Å². The maximum Gasteiger partial charge on any atom is 0.137 e. The molecule has 0 bridgehead atoms. The van der Waals surface area contributed by atoms with Gasteiger partial charge in [-0.15, -0.1) is 11.3 Å². The predicted octanol–water partition coefficient (Wildman–Crippen LogP) is 12.2. The van der Waals surface area contributed by atoms with E-state index >= 15 is 0 Å². The van der Waals surface area contributed by atoms with E-state index in [-0.39, 0.29) is 6.04 Å². The lowest BCUT2D eigenvalue weighted by molar-refractivity contribution is 0.666. The Kier molecular flexibility index (Phi) is 6.05. The normalized spacial score (nSPS) is 14.6. The van der Waals surface area contributed by atoms with Crippen molar-refractivity contribution in [3.05, 3.63) is 185 Å². The van der Waals surface area contributed by atoms with Crippen LogP contribution < -0.4 is 9.89 Å². The Bertz CT molecular complexity index is 3350. The van der Waals surface area contributed by atoms with Crippen LogP contribution in [0.25, 0.3) is 86.6 Å². The third kappa shape index (κ3) is 4.18. The van der Waals surface area contributed by atoms with Crippen molar-refractivity contribution in [2.75, 3.05) is 0 Å². The van der Waals surface area contributed by atoms with Crippen LogP contribution >= 0.6 is 11.3 Å². The van der Waals surface area contributed by atoms with Crippen LogP contribution in [0.2, 0.25) is 0 Å². The molecule has 4 heteroatoms. The van der Waals surface area contributed by atoms with Gasteiger partial charge in [0.25, 0.3) is 0 Å². The van der Waals surface area contributed by atoms with Gasteiger partial charge in [0, 0.05) is 49.8 Å². The molecule has 8 aromatic carbocycles. The van der Waals surface area contributed by atoms with E-state index in [1.54, 1.807) is 0 Å². The summed E-state index contributed by atoms with van der Waals surface area (Å²) in [6.07, 6.45) is 0.830. The third-order valence-corrected chi connectivity index (χ3v) is 12.5. The van der Waals surface area contributed by atoms with Crippen LogP contribution in [-0.2, 0) is 0 Å². The number of hydrogen-bond acceptors (Lipinski definition) is 3. The minimum Gasteiger partial charge on any atom is -0.456 e. The first kappa shape index (κ1) is 29.1.